The van der Waals surface area contributed by atoms with Gasteiger partial charge in [-0.3, -0.25) is 5.10 Å². The topological polar surface area (TPSA) is 64.3 Å². The van der Waals surface area contributed by atoms with Gasteiger partial charge in [0.05, 0.1) is 0 Å². The predicted octanol–water partition coefficient (Wildman–Crippen LogP) is 0.678. The number of rotatable bonds is 2. The third-order valence-corrected chi connectivity index (χ3v) is 2.49. The highest BCUT2D eigenvalue weighted by Crippen LogP contribution is 2.12. The fourth-order valence-corrected chi connectivity index (χ4v) is 1.41. The van der Waals surface area contributed by atoms with Crippen LogP contribution in [0.1, 0.15) is 18.8 Å². The minimum atomic E-state index is 0.0236. The molecule has 2 aromatic heterocycles. The molecule has 0 aliphatic heterocycles. The van der Waals surface area contributed by atoms with Crippen LogP contribution >= 0.6 is 12.2 Å². The van der Waals surface area contributed by atoms with E-state index in [1.807, 2.05) is 18.5 Å². The molecule has 0 aromatic carbocycles. The zero-order valence-electron chi connectivity index (χ0n) is 7.88. The molecule has 0 bridgehead atoms. The predicted molar refractivity (Wildman–Crippen MR) is 52.2 cm³/mol. The highest BCUT2D eigenvalue weighted by molar-refractivity contribution is 7.71. The molecule has 14 heavy (non-hydrogen) atoms. The van der Waals surface area contributed by atoms with Crippen molar-refractivity contribution in [1.29, 1.82) is 0 Å². The molecule has 74 valence electrons. The van der Waals surface area contributed by atoms with Gasteiger partial charge in [-0.15, -0.1) is 0 Å². The summed E-state index contributed by atoms with van der Waals surface area (Å²) in [5.74, 6) is 0.834. The summed E-state index contributed by atoms with van der Waals surface area (Å²) in [6, 6.07) is 0.0236. The average Bonchev–Trinajstić information content (AvgIpc) is 2.77. The molecular formula is C7H10N6S. The van der Waals surface area contributed by atoms with Crippen LogP contribution in [0.25, 0.3) is 0 Å². The lowest BCUT2D eigenvalue weighted by molar-refractivity contribution is 0.517. The van der Waals surface area contributed by atoms with E-state index in [1.165, 1.54) is 6.33 Å². The Morgan fingerprint density at radius 2 is 2.36 bits per heavy atom. The number of aromatic nitrogens is 6. The Kier molecular flexibility index (Phi) is 2.16. The fourth-order valence-electron chi connectivity index (χ4n) is 1.27. The standard InChI is InChI=1S/C7H10N6S/c1-5(13-4-8-3-9-13)6-10-11-7(14)12(6)2/h3-5H,1-2H3,(H,11,14). The number of nitrogens with zero attached hydrogens (tertiary/aromatic N) is 5. The highest BCUT2D eigenvalue weighted by Gasteiger charge is 2.13. The second kappa shape index (κ2) is 3.33. The Hall–Kier alpha value is -1.50. The molecule has 0 saturated heterocycles. The highest BCUT2D eigenvalue weighted by atomic mass is 32.1. The van der Waals surface area contributed by atoms with Gasteiger partial charge in [0, 0.05) is 7.05 Å². The molecule has 2 heterocycles. The van der Waals surface area contributed by atoms with E-state index < -0.39 is 0 Å². The summed E-state index contributed by atoms with van der Waals surface area (Å²) < 4.78 is 4.15. The number of nitrogens with one attached hydrogen (secondary N) is 1. The Bertz CT molecular complexity index is 467. The summed E-state index contributed by atoms with van der Waals surface area (Å²) >= 11 is 5.02. The first kappa shape index (κ1) is 9.07. The van der Waals surface area contributed by atoms with Gasteiger partial charge in [-0.2, -0.15) is 10.2 Å². The molecule has 0 fully saturated rings. The Labute approximate surface area is 85.6 Å². The maximum Gasteiger partial charge on any atom is 0.194 e. The largest absolute Gasteiger partial charge is 0.305 e. The summed E-state index contributed by atoms with van der Waals surface area (Å²) in [6.45, 7) is 1.99. The number of H-pyrrole nitrogens is 1. The Balaban J connectivity index is 2.41. The Morgan fingerprint density at radius 3 is 2.86 bits per heavy atom. The maximum absolute atomic E-state index is 5.02. The zero-order chi connectivity index (χ0) is 10.1. The van der Waals surface area contributed by atoms with Crippen molar-refractivity contribution in [2.75, 3.05) is 0 Å². The van der Waals surface area contributed by atoms with E-state index in [-0.39, 0.29) is 6.04 Å². The van der Waals surface area contributed by atoms with Crippen molar-refractivity contribution in [2.24, 2.45) is 7.05 Å². The van der Waals surface area contributed by atoms with Crippen molar-refractivity contribution in [3.63, 3.8) is 0 Å². The molecular weight excluding hydrogens is 200 g/mol. The van der Waals surface area contributed by atoms with Gasteiger partial charge in [-0.25, -0.2) is 9.67 Å². The summed E-state index contributed by atoms with van der Waals surface area (Å²) in [7, 11) is 1.87. The molecule has 0 radical (unpaired) electrons. The Morgan fingerprint density at radius 1 is 1.57 bits per heavy atom. The lowest BCUT2D eigenvalue weighted by Crippen LogP contribution is -2.12. The molecule has 1 unspecified atom stereocenters. The number of hydrogen-bond acceptors (Lipinski definition) is 4. The second-order valence-corrected chi connectivity index (χ2v) is 3.38. The van der Waals surface area contributed by atoms with Crippen LogP contribution in [0.2, 0.25) is 0 Å². The van der Waals surface area contributed by atoms with Crippen LogP contribution in [-0.2, 0) is 7.05 Å². The van der Waals surface area contributed by atoms with Crippen molar-refractivity contribution in [2.45, 2.75) is 13.0 Å². The minimum Gasteiger partial charge on any atom is -0.305 e. The quantitative estimate of drug-likeness (QED) is 0.740. The lowest BCUT2D eigenvalue weighted by atomic mass is 10.3. The van der Waals surface area contributed by atoms with Gasteiger partial charge >= 0.3 is 0 Å². The van der Waals surface area contributed by atoms with E-state index in [2.05, 4.69) is 20.3 Å². The van der Waals surface area contributed by atoms with E-state index in [1.54, 1.807) is 11.0 Å². The normalized spacial score (nSPS) is 13.0. The molecule has 2 rings (SSSR count). The van der Waals surface area contributed by atoms with Crippen molar-refractivity contribution < 1.29 is 0 Å². The molecule has 0 amide bonds. The zero-order valence-corrected chi connectivity index (χ0v) is 8.69. The third kappa shape index (κ3) is 1.35. The van der Waals surface area contributed by atoms with Crippen LogP contribution in [0, 0.1) is 4.77 Å². The van der Waals surface area contributed by atoms with E-state index in [9.17, 15) is 0 Å². The maximum atomic E-state index is 5.02. The molecule has 0 saturated carbocycles. The van der Waals surface area contributed by atoms with Gasteiger partial charge in [-0.1, -0.05) is 0 Å². The lowest BCUT2D eigenvalue weighted by Gasteiger charge is -2.09. The van der Waals surface area contributed by atoms with Crippen LogP contribution in [0.4, 0.5) is 0 Å². The van der Waals surface area contributed by atoms with Crippen molar-refractivity contribution in [3.8, 4) is 0 Å². The van der Waals surface area contributed by atoms with Crippen LogP contribution in [0.3, 0.4) is 0 Å². The van der Waals surface area contributed by atoms with Gasteiger partial charge in [0.1, 0.15) is 18.7 Å². The van der Waals surface area contributed by atoms with Gasteiger partial charge in [-0.05, 0) is 19.1 Å². The van der Waals surface area contributed by atoms with Crippen LogP contribution in [0.5, 0.6) is 0 Å². The fraction of sp³-hybridized carbons (Fsp3) is 0.429. The first-order valence-corrected chi connectivity index (χ1v) is 4.56. The van der Waals surface area contributed by atoms with Gasteiger partial charge in [0.15, 0.2) is 10.6 Å². The molecule has 0 aliphatic carbocycles. The molecule has 2 aromatic rings. The second-order valence-electron chi connectivity index (χ2n) is 3.00. The summed E-state index contributed by atoms with van der Waals surface area (Å²) in [4.78, 5) is 3.88. The molecule has 7 heteroatoms. The average molecular weight is 210 g/mol. The van der Waals surface area contributed by atoms with Crippen molar-refractivity contribution >= 4 is 12.2 Å². The third-order valence-electron chi connectivity index (χ3n) is 2.12. The minimum absolute atomic E-state index is 0.0236. The van der Waals surface area contributed by atoms with Crippen molar-refractivity contribution in [3.05, 3.63) is 23.3 Å². The summed E-state index contributed by atoms with van der Waals surface area (Å²) in [6.07, 6.45) is 3.15. The molecule has 0 spiro atoms. The van der Waals surface area contributed by atoms with Crippen molar-refractivity contribution in [1.82, 2.24) is 29.5 Å². The van der Waals surface area contributed by atoms with Gasteiger partial charge in [0.2, 0.25) is 0 Å². The molecule has 1 atom stereocenters. The summed E-state index contributed by atoms with van der Waals surface area (Å²) in [5, 5.41) is 10.9. The molecule has 1 N–H and O–H groups in total. The van der Waals surface area contributed by atoms with Crippen LogP contribution in [0.15, 0.2) is 12.7 Å². The number of hydrogen-bond donors (Lipinski definition) is 1. The number of aromatic amines is 1. The van der Waals surface area contributed by atoms with E-state index in [0.717, 1.165) is 5.82 Å². The monoisotopic (exact) mass is 210 g/mol. The van der Waals surface area contributed by atoms with E-state index in [4.69, 9.17) is 12.2 Å². The molecule has 6 nitrogen and oxygen atoms in total. The summed E-state index contributed by atoms with van der Waals surface area (Å²) in [5.41, 5.74) is 0. The molecule has 0 aliphatic rings. The smallest absolute Gasteiger partial charge is 0.194 e. The van der Waals surface area contributed by atoms with Crippen LogP contribution in [-0.4, -0.2) is 29.5 Å². The van der Waals surface area contributed by atoms with E-state index in [0.29, 0.717) is 4.77 Å². The van der Waals surface area contributed by atoms with E-state index >= 15 is 0 Å². The first-order chi connectivity index (χ1) is 6.70. The SMILES string of the molecule is CC(c1n[nH]c(=S)n1C)n1cncn1. The first-order valence-electron chi connectivity index (χ1n) is 4.15. The van der Waals surface area contributed by atoms with Crippen LogP contribution < -0.4 is 0 Å². The van der Waals surface area contributed by atoms with Gasteiger partial charge in [0.25, 0.3) is 0 Å². The van der Waals surface area contributed by atoms with Gasteiger partial charge < -0.3 is 4.57 Å².